The number of anilines is 1. The van der Waals surface area contributed by atoms with Crippen LogP contribution < -0.4 is 5.32 Å². The van der Waals surface area contributed by atoms with Crippen molar-refractivity contribution in [3.63, 3.8) is 0 Å². The predicted molar refractivity (Wildman–Crippen MR) is 98.6 cm³/mol. The predicted octanol–water partition coefficient (Wildman–Crippen LogP) is 3.61. The van der Waals surface area contributed by atoms with E-state index in [1.165, 1.54) is 11.8 Å². The molecule has 0 spiro atoms. The molecule has 7 heteroatoms. The molecule has 0 aliphatic carbocycles. The molecule has 1 aromatic heterocycles. The van der Waals surface area contributed by atoms with E-state index in [9.17, 15) is 9.90 Å². The number of H-pyrrole nitrogens is 1. The lowest BCUT2D eigenvalue weighted by molar-refractivity contribution is -0.115. The molecule has 0 aliphatic rings. The maximum absolute atomic E-state index is 12.3. The van der Waals surface area contributed by atoms with E-state index in [4.69, 9.17) is 0 Å². The van der Waals surface area contributed by atoms with Gasteiger partial charge in [-0.2, -0.15) is 0 Å². The summed E-state index contributed by atoms with van der Waals surface area (Å²) in [6, 6.07) is 14.5. The number of hydrogen-bond donors (Lipinski definition) is 3. The summed E-state index contributed by atoms with van der Waals surface area (Å²) in [5.41, 5.74) is 2.46. The van der Waals surface area contributed by atoms with Gasteiger partial charge in [-0.3, -0.25) is 9.89 Å². The first-order valence-corrected chi connectivity index (χ1v) is 8.66. The highest BCUT2D eigenvalue weighted by Gasteiger charge is 2.18. The Hall–Kier alpha value is -2.80. The zero-order valence-electron chi connectivity index (χ0n) is 13.9. The van der Waals surface area contributed by atoms with Crippen LogP contribution in [-0.4, -0.2) is 31.4 Å². The number of carbonyl (C=O) groups excluding carboxylic acids is 1. The summed E-state index contributed by atoms with van der Waals surface area (Å²) in [6.45, 7) is 3.79. The minimum Gasteiger partial charge on any atom is -0.507 e. The number of aromatic amines is 1. The minimum atomic E-state index is -0.366. The number of nitrogens with one attached hydrogen (secondary N) is 2. The molecule has 25 heavy (non-hydrogen) atoms. The molecule has 128 valence electrons. The standard InChI is InChI=1S/C18H18N4O2S/c1-11-7-9-13(10-8-11)19-17(24)12(2)25-18-20-16(21-22-18)14-5-3-4-6-15(14)23/h3-10,12,23H,1-2H3,(H,19,24)(H,20,21,22)/t12-/m0/s1. The van der Waals surface area contributed by atoms with Gasteiger partial charge in [0.1, 0.15) is 5.75 Å². The van der Waals surface area contributed by atoms with E-state index in [-0.39, 0.29) is 16.9 Å². The van der Waals surface area contributed by atoms with Gasteiger partial charge in [0, 0.05) is 5.69 Å². The summed E-state index contributed by atoms with van der Waals surface area (Å²) in [5, 5.41) is 19.7. The van der Waals surface area contributed by atoms with Crippen LogP contribution in [0, 0.1) is 6.92 Å². The average molecular weight is 354 g/mol. The van der Waals surface area contributed by atoms with Gasteiger partial charge in [-0.15, -0.1) is 5.10 Å². The molecule has 0 aliphatic heterocycles. The lowest BCUT2D eigenvalue weighted by atomic mass is 10.2. The quantitative estimate of drug-likeness (QED) is 0.609. The highest BCUT2D eigenvalue weighted by atomic mass is 32.2. The lowest BCUT2D eigenvalue weighted by Crippen LogP contribution is -2.22. The Morgan fingerprint density at radius 2 is 1.92 bits per heavy atom. The summed E-state index contributed by atoms with van der Waals surface area (Å²) in [5.74, 6) is 0.467. The van der Waals surface area contributed by atoms with Crippen LogP contribution in [0.25, 0.3) is 11.4 Å². The first-order valence-electron chi connectivity index (χ1n) is 7.78. The molecule has 0 unspecified atom stereocenters. The second-order valence-corrected chi connectivity index (χ2v) is 6.91. The Kier molecular flexibility index (Phi) is 5.04. The summed E-state index contributed by atoms with van der Waals surface area (Å²) in [4.78, 5) is 16.6. The van der Waals surface area contributed by atoms with Crippen molar-refractivity contribution in [1.82, 2.24) is 15.2 Å². The second kappa shape index (κ2) is 7.40. The number of para-hydroxylation sites is 1. The topological polar surface area (TPSA) is 90.9 Å². The van der Waals surface area contributed by atoms with Crippen molar-refractivity contribution < 1.29 is 9.90 Å². The van der Waals surface area contributed by atoms with E-state index < -0.39 is 0 Å². The van der Waals surface area contributed by atoms with Crippen LogP contribution in [0.5, 0.6) is 5.75 Å². The van der Waals surface area contributed by atoms with Crippen molar-refractivity contribution in [2.24, 2.45) is 0 Å². The zero-order chi connectivity index (χ0) is 17.8. The molecule has 3 aromatic rings. The Bertz CT molecular complexity index is 877. The van der Waals surface area contributed by atoms with Crippen LogP contribution >= 0.6 is 11.8 Å². The number of carbonyl (C=O) groups is 1. The first-order chi connectivity index (χ1) is 12.0. The smallest absolute Gasteiger partial charge is 0.237 e. The molecule has 1 amide bonds. The highest BCUT2D eigenvalue weighted by molar-refractivity contribution is 8.00. The molecule has 0 radical (unpaired) electrons. The summed E-state index contributed by atoms with van der Waals surface area (Å²) < 4.78 is 0. The van der Waals surface area contributed by atoms with E-state index in [2.05, 4.69) is 20.5 Å². The molecule has 2 aromatic carbocycles. The number of benzene rings is 2. The third kappa shape index (κ3) is 4.19. The van der Waals surface area contributed by atoms with Crippen LogP contribution in [0.15, 0.2) is 53.7 Å². The SMILES string of the molecule is Cc1ccc(NC(=O)[C@H](C)Sc2n[nH]c(-c3ccccc3O)n2)cc1. The molecule has 1 atom stereocenters. The summed E-state index contributed by atoms with van der Waals surface area (Å²) in [7, 11) is 0. The number of aromatic nitrogens is 3. The van der Waals surface area contributed by atoms with E-state index in [1.807, 2.05) is 37.3 Å². The molecule has 3 rings (SSSR count). The molecular weight excluding hydrogens is 336 g/mol. The number of aryl methyl sites for hydroxylation is 1. The second-order valence-electron chi connectivity index (χ2n) is 5.60. The Labute approximate surface area is 149 Å². The van der Waals surface area contributed by atoms with Gasteiger partial charge in [-0.1, -0.05) is 41.6 Å². The van der Waals surface area contributed by atoms with Gasteiger partial charge in [-0.25, -0.2) is 4.98 Å². The van der Waals surface area contributed by atoms with Gasteiger partial charge in [0.25, 0.3) is 0 Å². The highest BCUT2D eigenvalue weighted by Crippen LogP contribution is 2.28. The molecule has 0 saturated carbocycles. The third-order valence-electron chi connectivity index (χ3n) is 3.59. The number of nitrogens with zero attached hydrogens (tertiary/aromatic N) is 2. The van der Waals surface area contributed by atoms with Crippen LogP contribution in [-0.2, 0) is 4.79 Å². The van der Waals surface area contributed by atoms with Gasteiger partial charge in [0.05, 0.1) is 10.8 Å². The third-order valence-corrected chi connectivity index (χ3v) is 4.56. The molecule has 0 fully saturated rings. The van der Waals surface area contributed by atoms with Crippen LogP contribution in [0.2, 0.25) is 0 Å². The molecule has 0 saturated heterocycles. The number of hydrogen-bond acceptors (Lipinski definition) is 5. The van der Waals surface area contributed by atoms with E-state index >= 15 is 0 Å². The average Bonchev–Trinajstić information content (AvgIpc) is 3.05. The van der Waals surface area contributed by atoms with E-state index in [1.54, 1.807) is 25.1 Å². The van der Waals surface area contributed by atoms with Gasteiger partial charge in [0.2, 0.25) is 11.1 Å². The van der Waals surface area contributed by atoms with Gasteiger partial charge < -0.3 is 10.4 Å². The number of amides is 1. The zero-order valence-corrected chi connectivity index (χ0v) is 14.7. The van der Waals surface area contributed by atoms with Crippen LogP contribution in [0.1, 0.15) is 12.5 Å². The maximum atomic E-state index is 12.3. The largest absolute Gasteiger partial charge is 0.507 e. The maximum Gasteiger partial charge on any atom is 0.237 e. The van der Waals surface area contributed by atoms with Gasteiger partial charge >= 0.3 is 0 Å². The van der Waals surface area contributed by atoms with Crippen LogP contribution in [0.4, 0.5) is 5.69 Å². The number of rotatable bonds is 5. The van der Waals surface area contributed by atoms with Crippen molar-refractivity contribution in [3.05, 3.63) is 54.1 Å². The Balaban J connectivity index is 1.65. The number of phenolic OH excluding ortho intramolecular Hbond substituents is 1. The number of thioether (sulfide) groups is 1. The summed E-state index contributed by atoms with van der Waals surface area (Å²) in [6.07, 6.45) is 0. The molecular formula is C18H18N4O2S. The summed E-state index contributed by atoms with van der Waals surface area (Å²) >= 11 is 1.25. The van der Waals surface area contributed by atoms with Crippen molar-refractivity contribution in [3.8, 4) is 17.1 Å². The van der Waals surface area contributed by atoms with Crippen molar-refractivity contribution >= 4 is 23.4 Å². The fourth-order valence-electron chi connectivity index (χ4n) is 2.19. The molecule has 3 N–H and O–H groups in total. The minimum absolute atomic E-state index is 0.122. The van der Waals surface area contributed by atoms with Gasteiger partial charge in [-0.05, 0) is 38.1 Å². The van der Waals surface area contributed by atoms with Crippen molar-refractivity contribution in [2.45, 2.75) is 24.3 Å². The Morgan fingerprint density at radius 3 is 2.64 bits per heavy atom. The number of phenols is 1. The first kappa shape index (κ1) is 17.0. The van der Waals surface area contributed by atoms with E-state index in [0.717, 1.165) is 11.3 Å². The normalized spacial score (nSPS) is 11.9. The monoisotopic (exact) mass is 354 g/mol. The molecule has 1 heterocycles. The Morgan fingerprint density at radius 1 is 1.20 bits per heavy atom. The fourth-order valence-corrected chi connectivity index (χ4v) is 2.91. The molecule has 6 nitrogen and oxygen atoms in total. The lowest BCUT2D eigenvalue weighted by Gasteiger charge is -2.10. The fraction of sp³-hybridized carbons (Fsp3) is 0.167. The van der Waals surface area contributed by atoms with Gasteiger partial charge in [0.15, 0.2) is 5.82 Å². The van der Waals surface area contributed by atoms with Crippen molar-refractivity contribution in [1.29, 1.82) is 0 Å². The molecule has 0 bridgehead atoms. The number of aromatic hydroxyl groups is 1. The van der Waals surface area contributed by atoms with Crippen LogP contribution in [0.3, 0.4) is 0 Å². The van der Waals surface area contributed by atoms with Crippen molar-refractivity contribution in [2.75, 3.05) is 5.32 Å². The van der Waals surface area contributed by atoms with E-state index in [0.29, 0.717) is 16.5 Å².